The van der Waals surface area contributed by atoms with Crippen molar-refractivity contribution in [3.63, 3.8) is 0 Å². The Morgan fingerprint density at radius 3 is 3.06 bits per heavy atom. The molecule has 0 aromatic carbocycles. The molecule has 0 radical (unpaired) electrons. The van der Waals surface area contributed by atoms with Crippen molar-refractivity contribution >= 4 is 17.3 Å². The van der Waals surface area contributed by atoms with E-state index in [1.165, 1.54) is 19.3 Å². The highest BCUT2D eigenvalue weighted by Crippen LogP contribution is 2.35. The second kappa shape index (κ2) is 5.26. The first-order chi connectivity index (χ1) is 8.13. The molecule has 2 unspecified atom stereocenters. The molecule has 0 saturated heterocycles. The molecule has 1 heterocycles. The average Bonchev–Trinajstić information content (AvgIpc) is 2.29. The Hall–Kier alpha value is -0.760. The van der Waals surface area contributed by atoms with E-state index in [-0.39, 0.29) is 5.54 Å². The number of hydrogen-bond acceptors (Lipinski definition) is 2. The maximum Gasteiger partial charge on any atom is 0.0511 e. The third-order valence-electron chi connectivity index (χ3n) is 3.65. The summed E-state index contributed by atoms with van der Waals surface area (Å²) in [6.45, 7) is 4.34. The highest BCUT2D eigenvalue weighted by molar-refractivity contribution is 6.18. The zero-order valence-electron chi connectivity index (χ0n) is 10.7. The first-order valence-corrected chi connectivity index (χ1v) is 6.94. The fraction of sp³-hybridized carbons (Fsp3) is 0.643. The predicted molar refractivity (Wildman–Crippen MR) is 73.7 cm³/mol. The summed E-state index contributed by atoms with van der Waals surface area (Å²) in [6, 6.07) is 4.12. The number of aryl methyl sites for hydroxylation is 1. The third kappa shape index (κ3) is 3.12. The molecule has 3 heteroatoms. The molecule has 1 aliphatic rings. The maximum atomic E-state index is 6.21. The molecule has 0 spiro atoms. The summed E-state index contributed by atoms with van der Waals surface area (Å²) in [5, 5.41) is 3.64. The lowest BCUT2D eigenvalue weighted by Crippen LogP contribution is -2.44. The second-order valence-electron chi connectivity index (χ2n) is 5.43. The smallest absolute Gasteiger partial charge is 0.0511 e. The summed E-state index contributed by atoms with van der Waals surface area (Å²) in [5.41, 5.74) is 2.27. The van der Waals surface area contributed by atoms with Gasteiger partial charge in [-0.05, 0) is 37.8 Å². The molecule has 2 atom stereocenters. The maximum absolute atomic E-state index is 6.21. The van der Waals surface area contributed by atoms with Crippen molar-refractivity contribution in [3.8, 4) is 0 Å². The van der Waals surface area contributed by atoms with Crippen LogP contribution >= 0.6 is 11.6 Å². The van der Waals surface area contributed by atoms with Crippen LogP contribution in [0.1, 0.15) is 38.3 Å². The average molecular weight is 253 g/mol. The number of alkyl halides is 1. The SMILES string of the molecule is Cc1cc(NC2(CCl)CCCC(C)C2)ccn1. The number of halogens is 1. The molecule has 1 saturated carbocycles. The molecule has 1 aromatic heterocycles. The van der Waals surface area contributed by atoms with E-state index < -0.39 is 0 Å². The molecule has 1 fully saturated rings. The first-order valence-electron chi connectivity index (χ1n) is 6.40. The van der Waals surface area contributed by atoms with Gasteiger partial charge in [-0.15, -0.1) is 11.6 Å². The lowest BCUT2D eigenvalue weighted by molar-refractivity contribution is 0.279. The summed E-state index contributed by atoms with van der Waals surface area (Å²) < 4.78 is 0. The van der Waals surface area contributed by atoms with E-state index in [2.05, 4.69) is 23.3 Å². The first kappa shape index (κ1) is 12.7. The number of anilines is 1. The highest BCUT2D eigenvalue weighted by atomic mass is 35.5. The number of aromatic nitrogens is 1. The van der Waals surface area contributed by atoms with Crippen molar-refractivity contribution in [2.75, 3.05) is 11.2 Å². The van der Waals surface area contributed by atoms with E-state index in [1.807, 2.05) is 19.2 Å². The minimum atomic E-state index is 0.0764. The molecule has 2 rings (SSSR count). The van der Waals surface area contributed by atoms with Crippen LogP contribution in [0.15, 0.2) is 18.3 Å². The molecule has 1 N–H and O–H groups in total. The molecule has 0 bridgehead atoms. The standard InChI is InChI=1S/C14H21ClN2/c1-11-4-3-6-14(9-11,10-15)17-13-5-7-16-12(2)8-13/h5,7-8,11H,3-4,6,9-10H2,1-2H3,(H,16,17). The van der Waals surface area contributed by atoms with Crippen molar-refractivity contribution in [2.24, 2.45) is 5.92 Å². The number of pyridine rings is 1. The lowest BCUT2D eigenvalue weighted by atomic mass is 9.77. The number of nitrogens with zero attached hydrogens (tertiary/aromatic N) is 1. The Labute approximate surface area is 109 Å². The van der Waals surface area contributed by atoms with Crippen LogP contribution in [0.4, 0.5) is 5.69 Å². The Balaban J connectivity index is 2.13. The molecule has 1 aliphatic carbocycles. The Morgan fingerprint density at radius 2 is 2.41 bits per heavy atom. The van der Waals surface area contributed by atoms with Crippen LogP contribution in [0.5, 0.6) is 0 Å². The van der Waals surface area contributed by atoms with Crippen LogP contribution in [0.25, 0.3) is 0 Å². The Morgan fingerprint density at radius 1 is 1.59 bits per heavy atom. The Bertz CT molecular complexity index is 380. The van der Waals surface area contributed by atoms with E-state index in [0.29, 0.717) is 5.88 Å². The van der Waals surface area contributed by atoms with Crippen molar-refractivity contribution in [3.05, 3.63) is 24.0 Å². The fourth-order valence-electron chi connectivity index (χ4n) is 2.86. The van der Waals surface area contributed by atoms with Crippen molar-refractivity contribution < 1.29 is 0 Å². The normalized spacial score (nSPS) is 29.0. The summed E-state index contributed by atoms with van der Waals surface area (Å²) in [7, 11) is 0. The van der Waals surface area contributed by atoms with E-state index in [0.717, 1.165) is 23.7 Å². The largest absolute Gasteiger partial charge is 0.378 e. The van der Waals surface area contributed by atoms with Gasteiger partial charge < -0.3 is 5.32 Å². The van der Waals surface area contributed by atoms with Gasteiger partial charge in [-0.25, -0.2) is 0 Å². The van der Waals surface area contributed by atoms with Gasteiger partial charge in [0.1, 0.15) is 0 Å². The van der Waals surface area contributed by atoms with Gasteiger partial charge in [0.15, 0.2) is 0 Å². The summed E-state index contributed by atoms with van der Waals surface area (Å²) >= 11 is 6.21. The summed E-state index contributed by atoms with van der Waals surface area (Å²) in [4.78, 5) is 4.22. The minimum Gasteiger partial charge on any atom is -0.378 e. The van der Waals surface area contributed by atoms with E-state index in [1.54, 1.807) is 0 Å². The molecule has 0 amide bonds. The lowest BCUT2D eigenvalue weighted by Gasteiger charge is -2.40. The van der Waals surface area contributed by atoms with Gasteiger partial charge in [-0.1, -0.05) is 19.8 Å². The van der Waals surface area contributed by atoms with Crippen molar-refractivity contribution in [1.82, 2.24) is 4.98 Å². The molecule has 1 aromatic rings. The number of nitrogens with one attached hydrogen (secondary N) is 1. The van der Waals surface area contributed by atoms with Gasteiger partial charge in [-0.3, -0.25) is 4.98 Å². The molecular weight excluding hydrogens is 232 g/mol. The van der Waals surface area contributed by atoms with Crippen LogP contribution < -0.4 is 5.32 Å². The molecule has 94 valence electrons. The molecule has 2 nitrogen and oxygen atoms in total. The fourth-order valence-corrected chi connectivity index (χ4v) is 3.17. The van der Waals surface area contributed by atoms with Gasteiger partial charge in [0, 0.05) is 23.5 Å². The monoisotopic (exact) mass is 252 g/mol. The van der Waals surface area contributed by atoms with Crippen LogP contribution in [-0.4, -0.2) is 16.4 Å². The van der Waals surface area contributed by atoms with Crippen LogP contribution in [0, 0.1) is 12.8 Å². The quantitative estimate of drug-likeness (QED) is 0.823. The third-order valence-corrected chi connectivity index (χ3v) is 4.17. The van der Waals surface area contributed by atoms with Gasteiger partial charge in [0.2, 0.25) is 0 Å². The number of hydrogen-bond donors (Lipinski definition) is 1. The van der Waals surface area contributed by atoms with Crippen molar-refractivity contribution in [2.45, 2.75) is 45.1 Å². The van der Waals surface area contributed by atoms with Crippen LogP contribution in [0.3, 0.4) is 0 Å². The molecular formula is C14H21ClN2. The van der Waals surface area contributed by atoms with Crippen molar-refractivity contribution in [1.29, 1.82) is 0 Å². The second-order valence-corrected chi connectivity index (χ2v) is 5.69. The highest BCUT2D eigenvalue weighted by Gasteiger charge is 2.34. The summed E-state index contributed by atoms with van der Waals surface area (Å²) in [6.07, 6.45) is 6.78. The zero-order valence-corrected chi connectivity index (χ0v) is 11.4. The molecule has 17 heavy (non-hydrogen) atoms. The van der Waals surface area contributed by atoms with Gasteiger partial charge >= 0.3 is 0 Å². The van der Waals surface area contributed by atoms with E-state index in [4.69, 9.17) is 11.6 Å². The Kier molecular flexibility index (Phi) is 3.93. The van der Waals surface area contributed by atoms with Gasteiger partial charge in [-0.2, -0.15) is 0 Å². The predicted octanol–water partition coefficient (Wildman–Crippen LogP) is 3.99. The zero-order chi connectivity index (χ0) is 12.3. The van der Waals surface area contributed by atoms with Crippen LogP contribution in [0.2, 0.25) is 0 Å². The minimum absolute atomic E-state index is 0.0764. The number of rotatable bonds is 3. The van der Waals surface area contributed by atoms with E-state index in [9.17, 15) is 0 Å². The van der Waals surface area contributed by atoms with E-state index >= 15 is 0 Å². The molecule has 0 aliphatic heterocycles. The van der Waals surface area contributed by atoms with Gasteiger partial charge in [0.25, 0.3) is 0 Å². The van der Waals surface area contributed by atoms with Gasteiger partial charge in [0.05, 0.1) is 5.54 Å². The topological polar surface area (TPSA) is 24.9 Å². The van der Waals surface area contributed by atoms with Crippen LogP contribution in [-0.2, 0) is 0 Å². The summed E-state index contributed by atoms with van der Waals surface area (Å²) in [5.74, 6) is 1.44.